The van der Waals surface area contributed by atoms with Crippen LogP contribution in [0.5, 0.6) is 0 Å². The highest BCUT2D eigenvalue weighted by molar-refractivity contribution is 9.11. The third-order valence-electron chi connectivity index (χ3n) is 2.80. The van der Waals surface area contributed by atoms with Crippen molar-refractivity contribution >= 4 is 54.6 Å². The molecule has 0 fully saturated rings. The Balaban J connectivity index is 1.97. The van der Waals surface area contributed by atoms with Crippen LogP contribution >= 0.6 is 38.6 Å². The minimum Gasteiger partial charge on any atom is -0.291 e. The van der Waals surface area contributed by atoms with Gasteiger partial charge >= 0.3 is 0 Å². The Morgan fingerprint density at radius 3 is 2.90 bits per heavy atom. The molecule has 0 aromatic carbocycles. The molecule has 102 valence electrons. The van der Waals surface area contributed by atoms with Crippen LogP contribution < -0.4 is 5.56 Å². The van der Waals surface area contributed by atoms with E-state index >= 15 is 0 Å². The van der Waals surface area contributed by atoms with E-state index in [4.69, 9.17) is 0 Å². The lowest BCUT2D eigenvalue weighted by atomic mass is 10.3. The topological polar surface area (TPSA) is 52.0 Å². The molecule has 0 radical (unpaired) electrons. The smallest absolute Gasteiger partial charge is 0.262 e. The quantitative estimate of drug-likeness (QED) is 0.665. The zero-order valence-corrected chi connectivity index (χ0v) is 13.6. The van der Waals surface area contributed by atoms with Crippen molar-refractivity contribution in [3.05, 3.63) is 48.4 Å². The summed E-state index contributed by atoms with van der Waals surface area (Å²) in [7, 11) is 0. The van der Waals surface area contributed by atoms with E-state index in [9.17, 15) is 9.59 Å². The number of rotatable bonds is 3. The van der Waals surface area contributed by atoms with Crippen molar-refractivity contribution in [1.29, 1.82) is 0 Å². The Hall–Kier alpha value is -1.31. The second-order valence-corrected chi connectivity index (χ2v) is 7.98. The molecule has 0 aliphatic rings. The Morgan fingerprint density at radius 2 is 2.20 bits per heavy atom. The molecule has 4 nitrogen and oxygen atoms in total. The minimum atomic E-state index is -0.164. The number of Topliss-reactive ketones (excluding diaryl/α,β-unsaturated/α-hetero) is 1. The molecule has 0 unspecified atom stereocenters. The average molecular weight is 369 g/mol. The van der Waals surface area contributed by atoms with Crippen LogP contribution in [-0.2, 0) is 6.54 Å². The predicted molar refractivity (Wildman–Crippen MR) is 85.0 cm³/mol. The molecule has 0 spiro atoms. The molecule has 0 saturated carbocycles. The number of fused-ring (bicyclic) bond motifs is 1. The largest absolute Gasteiger partial charge is 0.291 e. The highest BCUT2D eigenvalue weighted by Gasteiger charge is 2.13. The lowest BCUT2D eigenvalue weighted by Gasteiger charge is -2.02. The highest BCUT2D eigenvalue weighted by Crippen LogP contribution is 2.23. The van der Waals surface area contributed by atoms with Crippen molar-refractivity contribution in [1.82, 2.24) is 9.55 Å². The Bertz CT molecular complexity index is 863. The van der Waals surface area contributed by atoms with E-state index in [1.807, 2.05) is 19.1 Å². The Kier molecular flexibility index (Phi) is 3.57. The Morgan fingerprint density at radius 1 is 1.40 bits per heavy atom. The van der Waals surface area contributed by atoms with Gasteiger partial charge < -0.3 is 0 Å². The second-order valence-electron chi connectivity index (χ2n) is 4.28. The molecule has 7 heteroatoms. The third-order valence-corrected chi connectivity index (χ3v) is 5.43. The molecule has 20 heavy (non-hydrogen) atoms. The molecule has 0 atom stereocenters. The molecular formula is C13H9BrN2O2S2. The number of aromatic nitrogens is 2. The zero-order chi connectivity index (χ0) is 14.3. The van der Waals surface area contributed by atoms with Gasteiger partial charge in [-0.3, -0.25) is 14.2 Å². The van der Waals surface area contributed by atoms with E-state index in [1.54, 1.807) is 6.07 Å². The van der Waals surface area contributed by atoms with Gasteiger partial charge in [-0.25, -0.2) is 4.98 Å². The number of carbonyl (C=O) groups excluding carboxylic acids is 1. The molecule has 3 rings (SSSR count). The molecule has 0 saturated heterocycles. The van der Waals surface area contributed by atoms with Crippen molar-refractivity contribution < 1.29 is 4.79 Å². The van der Waals surface area contributed by atoms with Gasteiger partial charge in [0.15, 0.2) is 5.78 Å². The number of nitrogens with zero attached hydrogens (tertiary/aromatic N) is 2. The fourth-order valence-corrected chi connectivity index (χ4v) is 4.04. The van der Waals surface area contributed by atoms with Crippen LogP contribution in [0, 0.1) is 6.92 Å². The van der Waals surface area contributed by atoms with Crippen molar-refractivity contribution in [2.45, 2.75) is 13.5 Å². The van der Waals surface area contributed by atoms with Gasteiger partial charge in [-0.2, -0.15) is 0 Å². The minimum absolute atomic E-state index is 0.0175. The monoisotopic (exact) mass is 368 g/mol. The third kappa shape index (κ3) is 2.48. The first-order valence-electron chi connectivity index (χ1n) is 5.79. The molecule has 0 aliphatic carbocycles. The summed E-state index contributed by atoms with van der Waals surface area (Å²) in [5, 5.41) is 0.579. The van der Waals surface area contributed by atoms with Gasteiger partial charge in [0.05, 0.1) is 26.9 Å². The molecule has 0 N–H and O–H groups in total. The van der Waals surface area contributed by atoms with E-state index in [-0.39, 0.29) is 17.9 Å². The van der Waals surface area contributed by atoms with Crippen LogP contribution in [0.15, 0.2) is 33.1 Å². The number of carbonyl (C=O) groups is 1. The molecule has 3 aromatic heterocycles. The number of aryl methyl sites for hydroxylation is 1. The summed E-state index contributed by atoms with van der Waals surface area (Å²) in [6.45, 7) is 1.95. The highest BCUT2D eigenvalue weighted by atomic mass is 79.9. The van der Waals surface area contributed by atoms with Gasteiger partial charge in [0.1, 0.15) is 4.83 Å². The maximum atomic E-state index is 12.3. The molecule has 0 bridgehead atoms. The van der Waals surface area contributed by atoms with Crippen molar-refractivity contribution in [2.75, 3.05) is 0 Å². The Labute approximate surface area is 130 Å². The number of halogens is 1. The lowest BCUT2D eigenvalue weighted by Crippen LogP contribution is -2.23. The summed E-state index contributed by atoms with van der Waals surface area (Å²) < 4.78 is 2.26. The van der Waals surface area contributed by atoms with Crippen LogP contribution in [0.1, 0.15) is 14.5 Å². The van der Waals surface area contributed by atoms with Crippen LogP contribution in [0.4, 0.5) is 0 Å². The first kappa shape index (κ1) is 13.7. The molecular weight excluding hydrogens is 360 g/mol. The van der Waals surface area contributed by atoms with Gasteiger partial charge in [0.2, 0.25) is 0 Å². The summed E-state index contributed by atoms with van der Waals surface area (Å²) in [5.74, 6) is -0.0871. The zero-order valence-electron chi connectivity index (χ0n) is 10.4. The van der Waals surface area contributed by atoms with E-state index in [1.165, 1.54) is 33.6 Å². The maximum Gasteiger partial charge on any atom is 0.262 e. The number of hydrogen-bond donors (Lipinski definition) is 0. The first-order valence-corrected chi connectivity index (χ1v) is 8.21. The van der Waals surface area contributed by atoms with E-state index < -0.39 is 0 Å². The first-order chi connectivity index (χ1) is 9.54. The summed E-state index contributed by atoms with van der Waals surface area (Å²) in [6, 6.07) is 5.39. The normalized spacial score (nSPS) is 11.1. The number of ketones is 1. The van der Waals surface area contributed by atoms with Crippen molar-refractivity contribution in [3.8, 4) is 0 Å². The van der Waals surface area contributed by atoms with Crippen LogP contribution in [-0.4, -0.2) is 15.3 Å². The fourth-order valence-electron chi connectivity index (χ4n) is 1.89. The lowest BCUT2D eigenvalue weighted by molar-refractivity contribution is 0.0974. The standard InChI is InChI=1S/C13H9BrN2O2S2/c1-7-4-8-12(19-7)15-6-16(13(8)18)5-9(17)10-2-3-11(14)20-10/h2-4,6H,5H2,1H3. The molecule has 3 aromatic rings. The van der Waals surface area contributed by atoms with Gasteiger partial charge in [-0.15, -0.1) is 22.7 Å². The summed E-state index contributed by atoms with van der Waals surface area (Å²) in [5.41, 5.74) is -0.164. The summed E-state index contributed by atoms with van der Waals surface area (Å²) >= 11 is 6.16. The maximum absolute atomic E-state index is 12.3. The van der Waals surface area contributed by atoms with Gasteiger partial charge in [0, 0.05) is 4.88 Å². The molecule has 3 heterocycles. The van der Waals surface area contributed by atoms with Crippen molar-refractivity contribution in [3.63, 3.8) is 0 Å². The van der Waals surface area contributed by atoms with Crippen LogP contribution in [0.2, 0.25) is 0 Å². The van der Waals surface area contributed by atoms with Crippen LogP contribution in [0.25, 0.3) is 10.2 Å². The van der Waals surface area contributed by atoms with E-state index in [0.717, 1.165) is 13.5 Å². The van der Waals surface area contributed by atoms with Gasteiger partial charge in [0.25, 0.3) is 5.56 Å². The molecule has 0 aliphatic heterocycles. The second kappa shape index (κ2) is 5.23. The summed E-state index contributed by atoms with van der Waals surface area (Å²) in [6.07, 6.45) is 1.45. The summed E-state index contributed by atoms with van der Waals surface area (Å²) in [4.78, 5) is 31.0. The van der Waals surface area contributed by atoms with Crippen molar-refractivity contribution in [2.24, 2.45) is 0 Å². The van der Waals surface area contributed by atoms with Gasteiger partial charge in [-0.1, -0.05) is 0 Å². The fraction of sp³-hybridized carbons (Fsp3) is 0.154. The molecule has 0 amide bonds. The van der Waals surface area contributed by atoms with Gasteiger partial charge in [-0.05, 0) is 41.1 Å². The predicted octanol–water partition coefficient (Wildman–Crippen LogP) is 3.47. The SMILES string of the molecule is Cc1cc2c(=O)n(CC(=O)c3ccc(Br)s3)cnc2s1. The van der Waals surface area contributed by atoms with Crippen LogP contribution in [0.3, 0.4) is 0 Å². The average Bonchev–Trinajstić information content (AvgIpc) is 2.99. The number of thiophene rings is 2. The number of hydrogen-bond acceptors (Lipinski definition) is 5. The van der Waals surface area contributed by atoms with E-state index in [0.29, 0.717) is 10.3 Å². The van der Waals surface area contributed by atoms with E-state index in [2.05, 4.69) is 20.9 Å².